The number of hydrogen-bond acceptors (Lipinski definition) is 5. The second-order valence-corrected chi connectivity index (χ2v) is 6.38. The van der Waals surface area contributed by atoms with Gasteiger partial charge in [-0.2, -0.15) is 5.10 Å². The van der Waals surface area contributed by atoms with Crippen LogP contribution >= 0.6 is 11.3 Å². The van der Waals surface area contributed by atoms with Gasteiger partial charge in [-0.1, -0.05) is 24.3 Å². The number of carbonyl (C=O) groups is 1. The molecule has 0 N–H and O–H groups in total. The van der Waals surface area contributed by atoms with Crippen LogP contribution in [0.5, 0.6) is 0 Å². The van der Waals surface area contributed by atoms with Crippen molar-refractivity contribution in [3.8, 4) is 5.69 Å². The molecule has 1 aromatic carbocycles. The maximum atomic E-state index is 12.8. The SMILES string of the molecule is O=C(c1cccs1)N1CCOC[C@@H]1c1ncnn1-c1ccccc1. The predicted molar refractivity (Wildman–Crippen MR) is 90.3 cm³/mol. The van der Waals surface area contributed by atoms with E-state index in [1.54, 1.807) is 4.68 Å². The van der Waals surface area contributed by atoms with E-state index in [0.717, 1.165) is 10.6 Å². The molecule has 2 aromatic heterocycles. The highest BCUT2D eigenvalue weighted by Crippen LogP contribution is 2.27. The van der Waals surface area contributed by atoms with Gasteiger partial charge in [0.05, 0.1) is 23.8 Å². The standard InChI is InChI=1S/C17H16N4O2S/c22-17(15-7-4-10-24-15)20-8-9-23-11-14(20)16-18-12-19-21(16)13-5-2-1-3-6-13/h1-7,10,12,14H,8-9,11H2/t14-/m1/s1. The van der Waals surface area contributed by atoms with Gasteiger partial charge in [0.1, 0.15) is 12.4 Å². The van der Waals surface area contributed by atoms with E-state index in [2.05, 4.69) is 10.1 Å². The van der Waals surface area contributed by atoms with Crippen LogP contribution in [-0.2, 0) is 4.74 Å². The first-order chi connectivity index (χ1) is 11.8. The van der Waals surface area contributed by atoms with Crippen LogP contribution in [0.1, 0.15) is 21.5 Å². The minimum Gasteiger partial charge on any atom is -0.377 e. The van der Waals surface area contributed by atoms with E-state index >= 15 is 0 Å². The molecule has 0 unspecified atom stereocenters. The molecule has 1 amide bonds. The Bertz CT molecular complexity index is 816. The lowest BCUT2D eigenvalue weighted by molar-refractivity contribution is -0.00553. The maximum absolute atomic E-state index is 12.8. The van der Waals surface area contributed by atoms with Crippen molar-refractivity contribution in [1.82, 2.24) is 19.7 Å². The molecule has 1 atom stereocenters. The van der Waals surface area contributed by atoms with Crippen LogP contribution in [0.2, 0.25) is 0 Å². The summed E-state index contributed by atoms with van der Waals surface area (Å²) in [5.41, 5.74) is 0.916. The Morgan fingerprint density at radius 3 is 2.88 bits per heavy atom. The first-order valence-corrected chi connectivity index (χ1v) is 8.60. The van der Waals surface area contributed by atoms with Crippen molar-refractivity contribution in [2.75, 3.05) is 19.8 Å². The van der Waals surface area contributed by atoms with Gasteiger partial charge in [-0.25, -0.2) is 9.67 Å². The number of hydrogen-bond donors (Lipinski definition) is 0. The van der Waals surface area contributed by atoms with Crippen LogP contribution in [0, 0.1) is 0 Å². The van der Waals surface area contributed by atoms with Crippen molar-refractivity contribution < 1.29 is 9.53 Å². The number of nitrogens with zero attached hydrogens (tertiary/aromatic N) is 4. The predicted octanol–water partition coefficient (Wildman–Crippen LogP) is 2.54. The molecule has 0 aliphatic carbocycles. The zero-order valence-electron chi connectivity index (χ0n) is 12.9. The molecule has 4 rings (SSSR count). The minimum absolute atomic E-state index is 0.0147. The monoisotopic (exact) mass is 340 g/mol. The van der Waals surface area contributed by atoms with Gasteiger partial charge < -0.3 is 9.64 Å². The molecule has 1 fully saturated rings. The van der Waals surface area contributed by atoms with Crippen LogP contribution < -0.4 is 0 Å². The first-order valence-electron chi connectivity index (χ1n) is 7.72. The number of ether oxygens (including phenoxy) is 1. The van der Waals surface area contributed by atoms with E-state index in [1.165, 1.54) is 17.7 Å². The number of amides is 1. The fraction of sp³-hybridized carbons (Fsp3) is 0.235. The highest BCUT2D eigenvalue weighted by Gasteiger charge is 2.33. The molecule has 3 heterocycles. The van der Waals surface area contributed by atoms with Gasteiger partial charge >= 0.3 is 0 Å². The number of carbonyl (C=O) groups excluding carboxylic acids is 1. The van der Waals surface area contributed by atoms with Crippen molar-refractivity contribution in [1.29, 1.82) is 0 Å². The van der Waals surface area contributed by atoms with E-state index in [4.69, 9.17) is 4.74 Å². The summed E-state index contributed by atoms with van der Waals surface area (Å²) in [7, 11) is 0. The van der Waals surface area contributed by atoms with Gasteiger partial charge in [-0.15, -0.1) is 11.3 Å². The van der Waals surface area contributed by atoms with E-state index < -0.39 is 0 Å². The number of thiophene rings is 1. The first kappa shape index (κ1) is 15.0. The Hall–Kier alpha value is -2.51. The quantitative estimate of drug-likeness (QED) is 0.735. The Morgan fingerprint density at radius 2 is 2.08 bits per heavy atom. The summed E-state index contributed by atoms with van der Waals surface area (Å²) >= 11 is 1.45. The second-order valence-electron chi connectivity index (χ2n) is 5.43. The summed E-state index contributed by atoms with van der Waals surface area (Å²) in [4.78, 5) is 19.8. The van der Waals surface area contributed by atoms with Crippen LogP contribution in [-0.4, -0.2) is 45.3 Å². The summed E-state index contributed by atoms with van der Waals surface area (Å²) in [6.07, 6.45) is 1.52. The number of morpholine rings is 1. The van der Waals surface area contributed by atoms with Crippen molar-refractivity contribution in [3.63, 3.8) is 0 Å². The number of rotatable bonds is 3. The summed E-state index contributed by atoms with van der Waals surface area (Å²) in [5.74, 6) is 0.728. The summed E-state index contributed by atoms with van der Waals surface area (Å²) in [6.45, 7) is 1.50. The van der Waals surface area contributed by atoms with Crippen LogP contribution in [0.25, 0.3) is 5.69 Å². The average molecular weight is 340 g/mol. The van der Waals surface area contributed by atoms with Gasteiger partial charge in [0, 0.05) is 6.54 Å². The molecule has 122 valence electrons. The molecule has 1 aliphatic heterocycles. The number of aromatic nitrogens is 3. The fourth-order valence-electron chi connectivity index (χ4n) is 2.85. The Labute approximate surface area is 143 Å². The molecule has 1 saturated heterocycles. The zero-order valence-corrected chi connectivity index (χ0v) is 13.7. The zero-order chi connectivity index (χ0) is 16.4. The third kappa shape index (κ3) is 2.72. The molecule has 24 heavy (non-hydrogen) atoms. The Morgan fingerprint density at radius 1 is 1.21 bits per heavy atom. The topological polar surface area (TPSA) is 60.3 Å². The molecular formula is C17H16N4O2S. The summed E-state index contributed by atoms with van der Waals surface area (Å²) in [5, 5.41) is 6.24. The van der Waals surface area contributed by atoms with E-state index in [-0.39, 0.29) is 11.9 Å². The Kier molecular flexibility index (Phi) is 4.10. The van der Waals surface area contributed by atoms with E-state index in [0.29, 0.717) is 25.6 Å². The molecule has 7 heteroatoms. The highest BCUT2D eigenvalue weighted by atomic mass is 32.1. The average Bonchev–Trinajstić information content (AvgIpc) is 3.33. The third-order valence-corrected chi connectivity index (χ3v) is 4.85. The number of benzene rings is 1. The molecule has 0 radical (unpaired) electrons. The van der Waals surface area contributed by atoms with Gasteiger partial charge in [0.2, 0.25) is 0 Å². The van der Waals surface area contributed by atoms with Crippen molar-refractivity contribution in [3.05, 3.63) is 64.9 Å². The lowest BCUT2D eigenvalue weighted by Crippen LogP contribution is -2.44. The molecule has 1 aliphatic rings. The molecule has 0 saturated carbocycles. The van der Waals surface area contributed by atoms with Gasteiger partial charge in [0.25, 0.3) is 5.91 Å². The fourth-order valence-corrected chi connectivity index (χ4v) is 3.53. The third-order valence-electron chi connectivity index (χ3n) is 3.99. The van der Waals surface area contributed by atoms with Crippen molar-refractivity contribution in [2.24, 2.45) is 0 Å². The van der Waals surface area contributed by atoms with Gasteiger partial charge in [-0.3, -0.25) is 4.79 Å². The Balaban J connectivity index is 1.70. The number of para-hydroxylation sites is 1. The largest absolute Gasteiger partial charge is 0.377 e. The van der Waals surface area contributed by atoms with Gasteiger partial charge in [-0.05, 0) is 23.6 Å². The van der Waals surface area contributed by atoms with Crippen LogP contribution in [0.15, 0.2) is 54.2 Å². The van der Waals surface area contributed by atoms with E-state index in [9.17, 15) is 4.79 Å². The molecule has 6 nitrogen and oxygen atoms in total. The minimum atomic E-state index is -0.254. The molecule has 3 aromatic rings. The van der Waals surface area contributed by atoms with Crippen LogP contribution in [0.3, 0.4) is 0 Å². The molecule has 0 bridgehead atoms. The lowest BCUT2D eigenvalue weighted by Gasteiger charge is -2.34. The van der Waals surface area contributed by atoms with Crippen molar-refractivity contribution >= 4 is 17.2 Å². The summed E-state index contributed by atoms with van der Waals surface area (Å²) in [6, 6.07) is 13.3. The van der Waals surface area contributed by atoms with Crippen molar-refractivity contribution in [2.45, 2.75) is 6.04 Å². The smallest absolute Gasteiger partial charge is 0.264 e. The lowest BCUT2D eigenvalue weighted by atomic mass is 10.2. The highest BCUT2D eigenvalue weighted by molar-refractivity contribution is 7.12. The van der Waals surface area contributed by atoms with E-state index in [1.807, 2.05) is 52.7 Å². The maximum Gasteiger partial charge on any atom is 0.264 e. The normalized spacial score (nSPS) is 17.8. The second kappa shape index (κ2) is 6.54. The molecule has 0 spiro atoms. The van der Waals surface area contributed by atoms with Crippen LogP contribution in [0.4, 0.5) is 0 Å². The summed E-state index contributed by atoms with van der Waals surface area (Å²) < 4.78 is 7.39. The van der Waals surface area contributed by atoms with Gasteiger partial charge in [0.15, 0.2) is 5.82 Å². The molecular weight excluding hydrogens is 324 g/mol.